The minimum absolute atomic E-state index is 0.0459. The highest BCUT2D eigenvalue weighted by atomic mass is 35.7. The fourth-order valence-electron chi connectivity index (χ4n) is 1.91. The number of carbonyl (C=O) groups excluding carboxylic acids is 1. The fraction of sp³-hybridized carbons (Fsp3) is 0.417. The number of nitrogens with one attached hydrogen (secondary N) is 1. The Labute approximate surface area is 120 Å². The number of carbonyl (C=O) groups is 1. The van der Waals surface area contributed by atoms with Gasteiger partial charge in [0.25, 0.3) is 15.0 Å². The van der Waals surface area contributed by atoms with Crippen LogP contribution in [0, 0.1) is 11.7 Å². The number of hydrogen-bond donors (Lipinski definition) is 1. The van der Waals surface area contributed by atoms with Crippen molar-refractivity contribution < 1.29 is 22.3 Å². The molecular formula is C12H13ClFNO4S. The molecule has 1 aromatic carbocycles. The van der Waals surface area contributed by atoms with Gasteiger partial charge in [-0.25, -0.2) is 12.8 Å². The van der Waals surface area contributed by atoms with Crippen molar-refractivity contribution >= 4 is 25.6 Å². The van der Waals surface area contributed by atoms with E-state index in [1.807, 2.05) is 0 Å². The first-order valence-corrected chi connectivity index (χ1v) is 8.29. The maximum absolute atomic E-state index is 13.3. The molecule has 0 radical (unpaired) electrons. The summed E-state index contributed by atoms with van der Waals surface area (Å²) in [4.78, 5) is 11.2. The van der Waals surface area contributed by atoms with E-state index in [0.717, 1.165) is 18.6 Å². The normalized spacial score (nSPS) is 19.0. The molecule has 1 N–H and O–H groups in total. The molecule has 1 aliphatic heterocycles. The molecule has 1 atom stereocenters. The van der Waals surface area contributed by atoms with E-state index < -0.39 is 25.7 Å². The molecule has 1 aromatic rings. The molecule has 0 bridgehead atoms. The van der Waals surface area contributed by atoms with Crippen molar-refractivity contribution in [1.82, 2.24) is 5.32 Å². The molecule has 2 rings (SSSR count). The van der Waals surface area contributed by atoms with Crippen molar-refractivity contribution in [2.75, 3.05) is 19.8 Å². The van der Waals surface area contributed by atoms with Crippen LogP contribution >= 0.6 is 10.7 Å². The first-order chi connectivity index (χ1) is 9.38. The average molecular weight is 322 g/mol. The molecule has 20 heavy (non-hydrogen) atoms. The van der Waals surface area contributed by atoms with E-state index in [1.54, 1.807) is 0 Å². The van der Waals surface area contributed by atoms with Crippen LogP contribution < -0.4 is 5.32 Å². The van der Waals surface area contributed by atoms with Gasteiger partial charge in [-0.3, -0.25) is 4.79 Å². The Morgan fingerprint density at radius 3 is 2.85 bits per heavy atom. The van der Waals surface area contributed by atoms with Crippen LogP contribution in [0.4, 0.5) is 4.39 Å². The molecule has 8 heteroatoms. The number of amides is 1. The van der Waals surface area contributed by atoms with E-state index in [4.69, 9.17) is 15.4 Å². The van der Waals surface area contributed by atoms with E-state index in [-0.39, 0.29) is 11.5 Å². The van der Waals surface area contributed by atoms with Gasteiger partial charge in [-0.2, -0.15) is 0 Å². The molecular weight excluding hydrogens is 309 g/mol. The summed E-state index contributed by atoms with van der Waals surface area (Å²) in [5.74, 6) is -1.21. The number of halogens is 2. The molecule has 0 aromatic heterocycles. The third-order valence-electron chi connectivity index (χ3n) is 3.03. The molecule has 110 valence electrons. The summed E-state index contributed by atoms with van der Waals surface area (Å²) in [5.41, 5.74) is 0.0459. The number of hydrogen-bond acceptors (Lipinski definition) is 4. The lowest BCUT2D eigenvalue weighted by molar-refractivity contribution is 0.0944. The minimum atomic E-state index is -4.22. The minimum Gasteiger partial charge on any atom is -0.381 e. The van der Waals surface area contributed by atoms with E-state index in [2.05, 4.69) is 5.32 Å². The van der Waals surface area contributed by atoms with Crippen LogP contribution in [-0.2, 0) is 13.8 Å². The molecule has 1 amide bonds. The topological polar surface area (TPSA) is 72.5 Å². The zero-order chi connectivity index (χ0) is 14.8. The van der Waals surface area contributed by atoms with Crippen LogP contribution in [0.25, 0.3) is 0 Å². The van der Waals surface area contributed by atoms with Crippen LogP contribution in [0.3, 0.4) is 0 Å². The van der Waals surface area contributed by atoms with E-state index in [0.29, 0.717) is 19.8 Å². The predicted octanol–water partition coefficient (Wildman–Crippen LogP) is 1.52. The zero-order valence-corrected chi connectivity index (χ0v) is 12.0. The van der Waals surface area contributed by atoms with Crippen molar-refractivity contribution in [3.8, 4) is 0 Å². The van der Waals surface area contributed by atoms with E-state index >= 15 is 0 Å². The van der Waals surface area contributed by atoms with Crippen molar-refractivity contribution in [3.05, 3.63) is 29.6 Å². The van der Waals surface area contributed by atoms with Gasteiger partial charge in [0.1, 0.15) is 10.7 Å². The number of rotatable bonds is 4. The summed E-state index contributed by atoms with van der Waals surface area (Å²) in [6, 6.07) is 3.04. The molecule has 0 spiro atoms. The second kappa shape index (κ2) is 6.07. The maximum Gasteiger partial charge on any atom is 0.264 e. The summed E-state index contributed by atoms with van der Waals surface area (Å²) >= 11 is 0. The van der Waals surface area contributed by atoms with Crippen LogP contribution in [0.5, 0.6) is 0 Å². The molecule has 1 aliphatic rings. The molecule has 1 fully saturated rings. The molecule has 0 aliphatic carbocycles. The Morgan fingerprint density at radius 1 is 1.50 bits per heavy atom. The monoisotopic (exact) mass is 321 g/mol. The Kier molecular flexibility index (Phi) is 4.62. The van der Waals surface area contributed by atoms with Crippen molar-refractivity contribution in [2.24, 2.45) is 5.92 Å². The van der Waals surface area contributed by atoms with E-state index in [1.165, 1.54) is 6.07 Å². The van der Waals surface area contributed by atoms with Gasteiger partial charge >= 0.3 is 0 Å². The summed E-state index contributed by atoms with van der Waals surface area (Å²) in [6.07, 6.45) is 0.866. The van der Waals surface area contributed by atoms with Crippen molar-refractivity contribution in [2.45, 2.75) is 11.3 Å². The molecule has 1 heterocycles. The molecule has 1 saturated heterocycles. The highest BCUT2D eigenvalue weighted by Crippen LogP contribution is 2.20. The van der Waals surface area contributed by atoms with Gasteiger partial charge in [-0.1, -0.05) is 0 Å². The summed E-state index contributed by atoms with van der Waals surface area (Å²) in [7, 11) is 0.882. The maximum atomic E-state index is 13.3. The average Bonchev–Trinajstić information content (AvgIpc) is 2.88. The van der Waals surface area contributed by atoms with Crippen LogP contribution in [0.1, 0.15) is 16.8 Å². The van der Waals surface area contributed by atoms with Gasteiger partial charge in [-0.15, -0.1) is 0 Å². The lowest BCUT2D eigenvalue weighted by Crippen LogP contribution is -2.29. The number of ether oxygens (including phenoxy) is 1. The largest absolute Gasteiger partial charge is 0.381 e. The van der Waals surface area contributed by atoms with Gasteiger partial charge in [0.05, 0.1) is 6.61 Å². The van der Waals surface area contributed by atoms with Crippen molar-refractivity contribution in [3.63, 3.8) is 0 Å². The predicted molar refractivity (Wildman–Crippen MR) is 70.7 cm³/mol. The van der Waals surface area contributed by atoms with E-state index in [9.17, 15) is 17.6 Å². The van der Waals surface area contributed by atoms with Crippen LogP contribution in [-0.4, -0.2) is 34.1 Å². The second-order valence-electron chi connectivity index (χ2n) is 4.52. The highest BCUT2D eigenvalue weighted by Gasteiger charge is 2.20. The van der Waals surface area contributed by atoms with Crippen LogP contribution in [0.15, 0.2) is 23.1 Å². The number of benzene rings is 1. The van der Waals surface area contributed by atoms with Crippen LogP contribution in [0.2, 0.25) is 0 Å². The summed E-state index contributed by atoms with van der Waals surface area (Å²) < 4.78 is 40.9. The van der Waals surface area contributed by atoms with Gasteiger partial charge in [0.2, 0.25) is 0 Å². The molecule has 1 unspecified atom stereocenters. The Hall–Kier alpha value is -1.18. The SMILES string of the molecule is O=C(NCC1CCOC1)c1ccc(F)c(S(=O)(=O)Cl)c1. The van der Waals surface area contributed by atoms with Gasteiger partial charge < -0.3 is 10.1 Å². The zero-order valence-electron chi connectivity index (χ0n) is 10.4. The molecule has 0 saturated carbocycles. The first kappa shape index (κ1) is 15.2. The Balaban J connectivity index is 2.10. The van der Waals surface area contributed by atoms with Gasteiger partial charge in [-0.05, 0) is 24.6 Å². The van der Waals surface area contributed by atoms with Gasteiger partial charge in [0.15, 0.2) is 0 Å². The lowest BCUT2D eigenvalue weighted by Gasteiger charge is -2.10. The third kappa shape index (κ3) is 3.68. The lowest BCUT2D eigenvalue weighted by atomic mass is 10.1. The summed E-state index contributed by atoms with van der Waals surface area (Å²) in [5, 5.41) is 2.66. The highest BCUT2D eigenvalue weighted by molar-refractivity contribution is 8.13. The second-order valence-corrected chi connectivity index (χ2v) is 7.06. The van der Waals surface area contributed by atoms with Crippen molar-refractivity contribution in [1.29, 1.82) is 0 Å². The standard InChI is InChI=1S/C12H13ClFNO4S/c13-20(17,18)11-5-9(1-2-10(11)14)12(16)15-6-8-3-4-19-7-8/h1-2,5,8H,3-4,6-7H2,(H,15,16). The van der Waals surface area contributed by atoms with Gasteiger partial charge in [0, 0.05) is 35.3 Å². The molecule has 5 nitrogen and oxygen atoms in total. The fourth-order valence-corrected chi connectivity index (χ4v) is 2.84. The smallest absolute Gasteiger partial charge is 0.264 e. The Bertz CT molecular complexity index is 614. The third-order valence-corrected chi connectivity index (χ3v) is 4.37. The Morgan fingerprint density at radius 2 is 2.25 bits per heavy atom. The summed E-state index contributed by atoms with van der Waals surface area (Å²) in [6.45, 7) is 1.69. The quantitative estimate of drug-likeness (QED) is 0.853. The first-order valence-electron chi connectivity index (χ1n) is 5.98.